The van der Waals surface area contributed by atoms with Gasteiger partial charge in [-0.05, 0) is 42.5 Å². The Morgan fingerprint density at radius 3 is 2.80 bits per heavy atom. The number of fused-ring (bicyclic) bond motifs is 1. The Hall–Kier alpha value is -2.00. The number of nitrogens with zero attached hydrogens (tertiary/aromatic N) is 2. The molecular weight excluding hydrogens is 270 g/mol. The molecule has 20 heavy (non-hydrogen) atoms. The van der Waals surface area contributed by atoms with E-state index in [0.29, 0.717) is 16.5 Å². The smallest absolute Gasteiger partial charge is 0.157 e. The minimum atomic E-state index is 0.615. The van der Waals surface area contributed by atoms with Crippen LogP contribution in [-0.2, 0) is 0 Å². The van der Waals surface area contributed by atoms with Gasteiger partial charge in [0.15, 0.2) is 5.65 Å². The molecule has 3 aromatic rings. The van der Waals surface area contributed by atoms with Gasteiger partial charge in [-0.1, -0.05) is 29.8 Å². The van der Waals surface area contributed by atoms with Gasteiger partial charge in [0.05, 0.1) is 5.02 Å². The monoisotopic (exact) mass is 283 g/mol. The number of halogens is 1. The molecular formula is C16H14ClN3. The molecule has 2 N–H and O–H groups in total. The second kappa shape index (κ2) is 4.25. The number of imidazole rings is 1. The number of hydrogen-bond donors (Lipinski definition) is 1. The van der Waals surface area contributed by atoms with E-state index in [1.54, 1.807) is 0 Å². The first-order chi connectivity index (χ1) is 9.74. The third kappa shape index (κ3) is 1.78. The van der Waals surface area contributed by atoms with Gasteiger partial charge < -0.3 is 5.73 Å². The third-order valence-electron chi connectivity index (χ3n) is 3.85. The second-order valence-electron chi connectivity index (χ2n) is 5.30. The van der Waals surface area contributed by atoms with E-state index in [0.717, 1.165) is 17.2 Å². The highest BCUT2D eigenvalue weighted by atomic mass is 35.5. The van der Waals surface area contributed by atoms with Gasteiger partial charge in [0, 0.05) is 11.8 Å². The van der Waals surface area contributed by atoms with Crippen LogP contribution in [0.15, 0.2) is 42.6 Å². The van der Waals surface area contributed by atoms with E-state index in [9.17, 15) is 0 Å². The molecule has 0 aliphatic heterocycles. The molecule has 4 rings (SSSR count). The maximum absolute atomic E-state index is 6.22. The average Bonchev–Trinajstić information content (AvgIpc) is 3.25. The Labute approximate surface area is 122 Å². The van der Waals surface area contributed by atoms with E-state index in [1.165, 1.54) is 18.4 Å². The Kier molecular flexibility index (Phi) is 2.51. The quantitative estimate of drug-likeness (QED) is 0.769. The summed E-state index contributed by atoms with van der Waals surface area (Å²) >= 11 is 6.18. The lowest BCUT2D eigenvalue weighted by atomic mass is 10.1. The van der Waals surface area contributed by atoms with Gasteiger partial charge >= 0.3 is 0 Å². The van der Waals surface area contributed by atoms with Crippen LogP contribution in [0.25, 0.3) is 16.9 Å². The third-order valence-corrected chi connectivity index (χ3v) is 4.14. The van der Waals surface area contributed by atoms with Crippen molar-refractivity contribution in [1.82, 2.24) is 9.38 Å². The predicted octanol–water partition coefficient (Wildman–Crippen LogP) is 4.11. The van der Waals surface area contributed by atoms with Crippen molar-refractivity contribution in [2.24, 2.45) is 0 Å². The summed E-state index contributed by atoms with van der Waals surface area (Å²) in [7, 11) is 0. The average molecular weight is 284 g/mol. The molecule has 0 unspecified atom stereocenters. The van der Waals surface area contributed by atoms with Crippen molar-refractivity contribution in [3.05, 3.63) is 53.2 Å². The van der Waals surface area contributed by atoms with Crippen molar-refractivity contribution in [2.75, 3.05) is 5.73 Å². The molecule has 0 bridgehead atoms. The van der Waals surface area contributed by atoms with Gasteiger partial charge in [-0.15, -0.1) is 0 Å². The molecule has 1 aliphatic carbocycles. The zero-order valence-corrected chi connectivity index (χ0v) is 11.6. The maximum atomic E-state index is 6.22. The SMILES string of the molecule is Nc1c(-c2cccc(C3CC3)c2)nc2c(Cl)cccn12. The lowest BCUT2D eigenvalue weighted by Gasteiger charge is -2.03. The first-order valence-electron chi connectivity index (χ1n) is 6.76. The molecule has 0 amide bonds. The molecule has 1 aliphatic rings. The molecule has 0 radical (unpaired) electrons. The minimum absolute atomic E-state index is 0.615. The van der Waals surface area contributed by atoms with Crippen LogP contribution < -0.4 is 5.73 Å². The highest BCUT2D eigenvalue weighted by Crippen LogP contribution is 2.41. The molecule has 2 heterocycles. The molecule has 2 aromatic heterocycles. The van der Waals surface area contributed by atoms with E-state index < -0.39 is 0 Å². The summed E-state index contributed by atoms with van der Waals surface area (Å²) in [5.41, 5.74) is 10.2. The van der Waals surface area contributed by atoms with E-state index in [-0.39, 0.29) is 0 Å². The first-order valence-corrected chi connectivity index (χ1v) is 7.14. The highest BCUT2D eigenvalue weighted by molar-refractivity contribution is 6.33. The van der Waals surface area contributed by atoms with Crippen molar-refractivity contribution in [2.45, 2.75) is 18.8 Å². The van der Waals surface area contributed by atoms with Crippen molar-refractivity contribution in [3.63, 3.8) is 0 Å². The predicted molar refractivity (Wildman–Crippen MR) is 82.0 cm³/mol. The Morgan fingerprint density at radius 1 is 1.20 bits per heavy atom. The molecule has 4 heteroatoms. The van der Waals surface area contributed by atoms with Gasteiger partial charge in [0.1, 0.15) is 11.5 Å². The van der Waals surface area contributed by atoms with Crippen molar-refractivity contribution in [1.29, 1.82) is 0 Å². The number of benzene rings is 1. The second-order valence-corrected chi connectivity index (χ2v) is 5.70. The van der Waals surface area contributed by atoms with Crippen LogP contribution in [0.2, 0.25) is 5.02 Å². The van der Waals surface area contributed by atoms with Gasteiger partial charge in [-0.25, -0.2) is 4.98 Å². The molecule has 1 saturated carbocycles. The van der Waals surface area contributed by atoms with Gasteiger partial charge in [0.25, 0.3) is 0 Å². The fraction of sp³-hybridized carbons (Fsp3) is 0.188. The highest BCUT2D eigenvalue weighted by Gasteiger charge is 2.24. The van der Waals surface area contributed by atoms with Crippen LogP contribution in [0.5, 0.6) is 0 Å². The van der Waals surface area contributed by atoms with Crippen LogP contribution >= 0.6 is 11.6 Å². The molecule has 1 fully saturated rings. The summed E-state index contributed by atoms with van der Waals surface area (Å²) in [6.45, 7) is 0. The van der Waals surface area contributed by atoms with Crippen LogP contribution in [0.4, 0.5) is 5.82 Å². The summed E-state index contributed by atoms with van der Waals surface area (Å²) < 4.78 is 1.83. The molecule has 0 saturated heterocycles. The molecule has 3 nitrogen and oxygen atoms in total. The number of anilines is 1. The van der Waals surface area contributed by atoms with Crippen molar-refractivity contribution >= 4 is 23.1 Å². The van der Waals surface area contributed by atoms with E-state index in [4.69, 9.17) is 17.3 Å². The number of aromatic nitrogens is 2. The zero-order valence-electron chi connectivity index (χ0n) is 10.9. The molecule has 100 valence electrons. The van der Waals surface area contributed by atoms with Gasteiger partial charge in [-0.3, -0.25) is 4.40 Å². The molecule has 0 spiro atoms. The van der Waals surface area contributed by atoms with E-state index >= 15 is 0 Å². The number of pyridine rings is 1. The van der Waals surface area contributed by atoms with Crippen LogP contribution in [-0.4, -0.2) is 9.38 Å². The van der Waals surface area contributed by atoms with E-state index in [1.807, 2.05) is 22.7 Å². The van der Waals surface area contributed by atoms with Crippen molar-refractivity contribution < 1.29 is 0 Å². The number of rotatable bonds is 2. The van der Waals surface area contributed by atoms with Crippen LogP contribution in [0, 0.1) is 0 Å². The Morgan fingerprint density at radius 2 is 2.05 bits per heavy atom. The fourth-order valence-electron chi connectivity index (χ4n) is 2.62. The van der Waals surface area contributed by atoms with Crippen LogP contribution in [0.3, 0.4) is 0 Å². The summed E-state index contributed by atoms with van der Waals surface area (Å²) in [6, 6.07) is 12.2. The molecule has 0 atom stereocenters. The Bertz CT molecular complexity index is 803. The summed E-state index contributed by atoms with van der Waals surface area (Å²) in [5, 5.41) is 0.615. The largest absolute Gasteiger partial charge is 0.383 e. The number of nitrogen functional groups attached to an aromatic ring is 1. The maximum Gasteiger partial charge on any atom is 0.157 e. The van der Waals surface area contributed by atoms with Crippen molar-refractivity contribution in [3.8, 4) is 11.3 Å². The minimum Gasteiger partial charge on any atom is -0.383 e. The van der Waals surface area contributed by atoms with Gasteiger partial charge in [-0.2, -0.15) is 0 Å². The fourth-order valence-corrected chi connectivity index (χ4v) is 2.83. The zero-order chi connectivity index (χ0) is 13.7. The van der Waals surface area contributed by atoms with E-state index in [2.05, 4.69) is 29.2 Å². The molecule has 1 aromatic carbocycles. The standard InChI is InChI=1S/C16H14ClN3/c17-13-5-2-8-20-15(18)14(19-16(13)20)12-4-1-3-11(9-12)10-6-7-10/h1-5,8-10H,6-7,18H2. The summed E-state index contributed by atoms with van der Waals surface area (Å²) in [5.74, 6) is 1.35. The lowest BCUT2D eigenvalue weighted by Crippen LogP contribution is -1.94. The lowest BCUT2D eigenvalue weighted by molar-refractivity contribution is 1.13. The first kappa shape index (κ1) is 11.8. The Balaban J connectivity index is 1.91. The summed E-state index contributed by atoms with van der Waals surface area (Å²) in [4.78, 5) is 4.61. The number of hydrogen-bond acceptors (Lipinski definition) is 2. The van der Waals surface area contributed by atoms with Crippen LogP contribution in [0.1, 0.15) is 24.3 Å². The van der Waals surface area contributed by atoms with Gasteiger partial charge in [0.2, 0.25) is 0 Å². The normalized spacial score (nSPS) is 14.8. The summed E-state index contributed by atoms with van der Waals surface area (Å²) in [6.07, 6.45) is 4.46. The topological polar surface area (TPSA) is 43.3 Å². The number of nitrogens with two attached hydrogens (primary N) is 1.